The molecule has 0 radical (unpaired) electrons. The van der Waals surface area contributed by atoms with Crippen LogP contribution in [0.1, 0.15) is 11.1 Å². The Hall–Kier alpha value is -2.04. The van der Waals surface area contributed by atoms with E-state index >= 15 is 0 Å². The van der Waals surface area contributed by atoms with Crippen molar-refractivity contribution in [2.45, 2.75) is 13.1 Å². The van der Waals surface area contributed by atoms with Crippen molar-refractivity contribution in [1.29, 1.82) is 0 Å². The van der Waals surface area contributed by atoms with Gasteiger partial charge in [0.2, 0.25) is 0 Å². The molecule has 2 N–H and O–H groups in total. The van der Waals surface area contributed by atoms with Gasteiger partial charge in [0.05, 0.1) is 0 Å². The molecule has 0 aromatic heterocycles. The van der Waals surface area contributed by atoms with Crippen LogP contribution in [0.25, 0.3) is 0 Å². The van der Waals surface area contributed by atoms with Crippen LogP contribution >= 0.6 is 0 Å². The third-order valence-electron chi connectivity index (χ3n) is 4.08. The molecule has 1 fully saturated rings. The van der Waals surface area contributed by atoms with Gasteiger partial charge in [-0.2, -0.15) is 0 Å². The fraction of sp³-hybridized carbons (Fsp3) is 0.333. The second kappa shape index (κ2) is 6.81. The maximum atomic E-state index is 9.54. The summed E-state index contributed by atoms with van der Waals surface area (Å²) in [7, 11) is 0. The maximum Gasteiger partial charge on any atom is 0.119 e. The number of nitrogens with zero attached hydrogens (tertiary/aromatic N) is 2. The molecule has 0 unspecified atom stereocenters. The minimum absolute atomic E-state index is 0.123. The second-order valence-corrected chi connectivity index (χ2v) is 5.90. The molecule has 4 nitrogen and oxygen atoms in total. The molecule has 1 saturated heterocycles. The quantitative estimate of drug-likeness (QED) is 0.910. The van der Waals surface area contributed by atoms with E-state index < -0.39 is 0 Å². The average molecular weight is 298 g/mol. The zero-order valence-electron chi connectivity index (χ0n) is 12.7. The Labute approximate surface area is 131 Å². The summed E-state index contributed by atoms with van der Waals surface area (Å²) in [5.74, 6) is 0.246. The Morgan fingerprint density at radius 1 is 0.682 bits per heavy atom. The van der Waals surface area contributed by atoms with Gasteiger partial charge in [0.15, 0.2) is 0 Å². The van der Waals surface area contributed by atoms with E-state index in [4.69, 9.17) is 0 Å². The topological polar surface area (TPSA) is 46.9 Å². The molecular formula is C18H22N2O2. The van der Waals surface area contributed by atoms with Crippen LogP contribution < -0.4 is 0 Å². The summed E-state index contributed by atoms with van der Waals surface area (Å²) < 4.78 is 0. The Morgan fingerprint density at radius 2 is 1.18 bits per heavy atom. The lowest BCUT2D eigenvalue weighted by atomic mass is 10.1. The number of aromatic hydroxyl groups is 2. The van der Waals surface area contributed by atoms with E-state index in [1.54, 1.807) is 12.1 Å². The molecule has 0 amide bonds. The van der Waals surface area contributed by atoms with Crippen LogP contribution in [0.5, 0.6) is 11.5 Å². The minimum Gasteiger partial charge on any atom is -0.508 e. The molecule has 116 valence electrons. The SMILES string of the molecule is Oc1cc(O)cc(CN2CCN(Cc3ccccc3)CC2)c1. The molecule has 0 saturated carbocycles. The molecule has 4 heteroatoms. The average Bonchev–Trinajstić information content (AvgIpc) is 2.49. The Balaban J connectivity index is 1.51. The summed E-state index contributed by atoms with van der Waals surface area (Å²) in [6, 6.07) is 15.4. The number of benzene rings is 2. The van der Waals surface area contributed by atoms with Gasteiger partial charge in [-0.1, -0.05) is 30.3 Å². The van der Waals surface area contributed by atoms with Crippen LogP contribution in [0, 0.1) is 0 Å². The van der Waals surface area contributed by atoms with E-state index in [1.807, 2.05) is 6.07 Å². The summed E-state index contributed by atoms with van der Waals surface area (Å²) in [6.07, 6.45) is 0. The largest absolute Gasteiger partial charge is 0.508 e. The highest BCUT2D eigenvalue weighted by atomic mass is 16.3. The lowest BCUT2D eigenvalue weighted by molar-refractivity contribution is 0.122. The van der Waals surface area contributed by atoms with Crippen LogP contribution in [0.15, 0.2) is 48.5 Å². The molecular weight excluding hydrogens is 276 g/mol. The number of hydrogen-bond donors (Lipinski definition) is 2. The third kappa shape index (κ3) is 4.00. The predicted molar refractivity (Wildman–Crippen MR) is 86.8 cm³/mol. The Kier molecular flexibility index (Phi) is 4.61. The van der Waals surface area contributed by atoms with Gasteiger partial charge in [0.1, 0.15) is 11.5 Å². The highest BCUT2D eigenvalue weighted by Crippen LogP contribution is 2.22. The van der Waals surface area contributed by atoms with Crippen molar-refractivity contribution in [3.05, 3.63) is 59.7 Å². The molecule has 0 atom stereocenters. The summed E-state index contributed by atoms with van der Waals surface area (Å²) >= 11 is 0. The van der Waals surface area contributed by atoms with E-state index in [0.717, 1.165) is 44.8 Å². The van der Waals surface area contributed by atoms with Gasteiger partial charge >= 0.3 is 0 Å². The summed E-state index contributed by atoms with van der Waals surface area (Å²) in [5.41, 5.74) is 2.31. The molecule has 1 heterocycles. The maximum absolute atomic E-state index is 9.54. The van der Waals surface area contributed by atoms with E-state index in [9.17, 15) is 10.2 Å². The van der Waals surface area contributed by atoms with Crippen molar-refractivity contribution < 1.29 is 10.2 Å². The fourth-order valence-electron chi connectivity index (χ4n) is 2.95. The van der Waals surface area contributed by atoms with E-state index in [-0.39, 0.29) is 11.5 Å². The molecule has 1 aliphatic rings. The van der Waals surface area contributed by atoms with Crippen molar-refractivity contribution in [3.63, 3.8) is 0 Å². The van der Waals surface area contributed by atoms with Crippen molar-refractivity contribution in [2.75, 3.05) is 26.2 Å². The van der Waals surface area contributed by atoms with Gasteiger partial charge in [-0.15, -0.1) is 0 Å². The highest BCUT2D eigenvalue weighted by molar-refractivity contribution is 5.36. The van der Waals surface area contributed by atoms with Crippen LogP contribution in [0.4, 0.5) is 0 Å². The molecule has 1 aliphatic heterocycles. The lowest BCUT2D eigenvalue weighted by Gasteiger charge is -2.34. The molecule has 3 rings (SSSR count). The summed E-state index contributed by atoms with van der Waals surface area (Å²) in [4.78, 5) is 4.82. The normalized spacial score (nSPS) is 16.7. The van der Waals surface area contributed by atoms with Crippen LogP contribution in [-0.4, -0.2) is 46.2 Å². The molecule has 22 heavy (non-hydrogen) atoms. The lowest BCUT2D eigenvalue weighted by Crippen LogP contribution is -2.45. The summed E-state index contributed by atoms with van der Waals surface area (Å²) in [6.45, 7) is 5.86. The first-order valence-electron chi connectivity index (χ1n) is 7.69. The van der Waals surface area contributed by atoms with E-state index in [2.05, 4.69) is 34.1 Å². The van der Waals surface area contributed by atoms with Crippen molar-refractivity contribution in [3.8, 4) is 11.5 Å². The highest BCUT2D eigenvalue weighted by Gasteiger charge is 2.17. The van der Waals surface area contributed by atoms with Crippen molar-refractivity contribution >= 4 is 0 Å². The zero-order valence-corrected chi connectivity index (χ0v) is 12.7. The van der Waals surface area contributed by atoms with Gasteiger partial charge in [0.25, 0.3) is 0 Å². The van der Waals surface area contributed by atoms with Gasteiger partial charge in [-0.3, -0.25) is 9.80 Å². The first kappa shape index (κ1) is 14.9. The molecule has 2 aromatic rings. The van der Waals surface area contributed by atoms with Gasteiger partial charge in [0, 0.05) is 45.3 Å². The van der Waals surface area contributed by atoms with E-state index in [0.29, 0.717) is 0 Å². The minimum atomic E-state index is 0.123. The van der Waals surface area contributed by atoms with Gasteiger partial charge in [-0.05, 0) is 23.3 Å². The Bertz CT molecular complexity index is 587. The number of rotatable bonds is 4. The predicted octanol–water partition coefficient (Wildman–Crippen LogP) is 2.42. The Morgan fingerprint density at radius 3 is 1.73 bits per heavy atom. The van der Waals surface area contributed by atoms with Gasteiger partial charge < -0.3 is 10.2 Å². The molecule has 2 aromatic carbocycles. The molecule has 0 bridgehead atoms. The molecule has 0 aliphatic carbocycles. The van der Waals surface area contributed by atoms with Crippen LogP contribution in [0.2, 0.25) is 0 Å². The number of phenols is 2. The number of phenolic OH excluding ortho intramolecular Hbond substituents is 2. The first-order valence-corrected chi connectivity index (χ1v) is 7.69. The van der Waals surface area contributed by atoms with Crippen molar-refractivity contribution in [2.24, 2.45) is 0 Å². The van der Waals surface area contributed by atoms with Crippen molar-refractivity contribution in [1.82, 2.24) is 9.80 Å². The third-order valence-corrected chi connectivity index (χ3v) is 4.08. The van der Waals surface area contributed by atoms with Gasteiger partial charge in [-0.25, -0.2) is 0 Å². The monoisotopic (exact) mass is 298 g/mol. The zero-order chi connectivity index (χ0) is 15.4. The smallest absolute Gasteiger partial charge is 0.119 e. The molecule has 0 spiro atoms. The van der Waals surface area contributed by atoms with Crippen LogP contribution in [-0.2, 0) is 13.1 Å². The summed E-state index contributed by atoms with van der Waals surface area (Å²) in [5, 5.41) is 19.1. The number of hydrogen-bond acceptors (Lipinski definition) is 4. The van der Waals surface area contributed by atoms with E-state index in [1.165, 1.54) is 11.6 Å². The first-order chi connectivity index (χ1) is 10.7. The fourth-order valence-corrected chi connectivity index (χ4v) is 2.95. The standard InChI is InChI=1S/C18H22N2O2/c21-17-10-16(11-18(22)12-17)14-20-8-6-19(7-9-20)13-15-4-2-1-3-5-15/h1-5,10-12,21-22H,6-9,13-14H2. The number of piperazine rings is 1. The second-order valence-electron chi connectivity index (χ2n) is 5.90. The van der Waals surface area contributed by atoms with Crippen LogP contribution in [0.3, 0.4) is 0 Å².